The SMILES string of the molecule is CN1CCCc2ncc(Br)cc21. The van der Waals surface area contributed by atoms with E-state index in [1.165, 1.54) is 17.8 Å². The molecule has 12 heavy (non-hydrogen) atoms. The van der Waals surface area contributed by atoms with Gasteiger partial charge in [0.1, 0.15) is 0 Å². The fraction of sp³-hybridized carbons (Fsp3) is 0.444. The van der Waals surface area contributed by atoms with E-state index in [-0.39, 0.29) is 0 Å². The fourth-order valence-corrected chi connectivity index (χ4v) is 1.90. The highest BCUT2D eigenvalue weighted by molar-refractivity contribution is 9.10. The molecule has 1 aliphatic heterocycles. The molecule has 2 nitrogen and oxygen atoms in total. The molecule has 0 N–H and O–H groups in total. The van der Waals surface area contributed by atoms with Gasteiger partial charge in [-0.2, -0.15) is 0 Å². The van der Waals surface area contributed by atoms with E-state index in [1.54, 1.807) is 0 Å². The number of halogens is 1. The molecule has 2 rings (SSSR count). The summed E-state index contributed by atoms with van der Waals surface area (Å²) in [5.41, 5.74) is 2.50. The second kappa shape index (κ2) is 3.05. The Hall–Kier alpha value is -0.570. The van der Waals surface area contributed by atoms with E-state index >= 15 is 0 Å². The molecule has 0 bridgehead atoms. The van der Waals surface area contributed by atoms with Crippen LogP contribution in [0.2, 0.25) is 0 Å². The van der Waals surface area contributed by atoms with Gasteiger partial charge in [-0.1, -0.05) is 0 Å². The monoisotopic (exact) mass is 226 g/mol. The van der Waals surface area contributed by atoms with Crippen LogP contribution >= 0.6 is 15.9 Å². The van der Waals surface area contributed by atoms with Gasteiger partial charge in [0.2, 0.25) is 0 Å². The summed E-state index contributed by atoms with van der Waals surface area (Å²) in [6, 6.07) is 2.14. The van der Waals surface area contributed by atoms with Crippen molar-refractivity contribution in [1.82, 2.24) is 4.98 Å². The van der Waals surface area contributed by atoms with E-state index in [1.807, 2.05) is 6.20 Å². The number of aromatic nitrogens is 1. The van der Waals surface area contributed by atoms with Gasteiger partial charge in [-0.3, -0.25) is 4.98 Å². The number of aryl methyl sites for hydroxylation is 1. The standard InChI is InChI=1S/C9H11BrN2/c1-12-4-2-3-8-9(12)5-7(10)6-11-8/h5-6H,2-4H2,1H3. The molecule has 0 aromatic carbocycles. The topological polar surface area (TPSA) is 16.1 Å². The van der Waals surface area contributed by atoms with Crippen LogP contribution in [0.4, 0.5) is 5.69 Å². The van der Waals surface area contributed by atoms with Gasteiger partial charge in [-0.15, -0.1) is 0 Å². The van der Waals surface area contributed by atoms with Gasteiger partial charge in [-0.25, -0.2) is 0 Å². The van der Waals surface area contributed by atoms with E-state index in [9.17, 15) is 0 Å². The Morgan fingerprint density at radius 3 is 3.25 bits per heavy atom. The Morgan fingerprint density at radius 2 is 2.42 bits per heavy atom. The lowest BCUT2D eigenvalue weighted by molar-refractivity contribution is 0.724. The predicted octanol–water partition coefficient (Wildman–Crippen LogP) is 2.23. The molecule has 0 amide bonds. The number of anilines is 1. The zero-order valence-electron chi connectivity index (χ0n) is 7.05. The van der Waals surface area contributed by atoms with Crippen LogP contribution in [-0.2, 0) is 6.42 Å². The average molecular weight is 227 g/mol. The number of rotatable bonds is 0. The summed E-state index contributed by atoms with van der Waals surface area (Å²) in [6.07, 6.45) is 4.21. The average Bonchev–Trinajstić information content (AvgIpc) is 2.07. The number of hydrogen-bond acceptors (Lipinski definition) is 2. The van der Waals surface area contributed by atoms with Gasteiger partial charge < -0.3 is 4.90 Å². The second-order valence-corrected chi connectivity index (χ2v) is 4.06. The molecule has 3 heteroatoms. The smallest absolute Gasteiger partial charge is 0.0638 e. The summed E-state index contributed by atoms with van der Waals surface area (Å²) in [5.74, 6) is 0. The highest BCUT2D eigenvalue weighted by Gasteiger charge is 2.14. The van der Waals surface area contributed by atoms with Crippen LogP contribution in [0, 0.1) is 0 Å². The third-order valence-electron chi connectivity index (χ3n) is 2.23. The minimum absolute atomic E-state index is 1.06. The van der Waals surface area contributed by atoms with Crippen molar-refractivity contribution in [2.75, 3.05) is 18.5 Å². The molecule has 0 spiro atoms. The van der Waals surface area contributed by atoms with E-state index < -0.39 is 0 Å². The van der Waals surface area contributed by atoms with Crippen molar-refractivity contribution < 1.29 is 0 Å². The van der Waals surface area contributed by atoms with Gasteiger partial charge in [0.05, 0.1) is 11.4 Å². The lowest BCUT2D eigenvalue weighted by atomic mass is 10.1. The predicted molar refractivity (Wildman–Crippen MR) is 53.5 cm³/mol. The maximum absolute atomic E-state index is 4.38. The van der Waals surface area contributed by atoms with Crippen molar-refractivity contribution in [3.63, 3.8) is 0 Å². The molecule has 0 fully saturated rings. The van der Waals surface area contributed by atoms with Crippen LogP contribution in [0.15, 0.2) is 16.7 Å². The molecule has 0 radical (unpaired) electrons. The van der Waals surface area contributed by atoms with Crippen molar-refractivity contribution in [3.05, 3.63) is 22.4 Å². The van der Waals surface area contributed by atoms with Crippen LogP contribution in [0.3, 0.4) is 0 Å². The molecule has 64 valence electrons. The Kier molecular flexibility index (Phi) is 2.05. The van der Waals surface area contributed by atoms with Crippen molar-refractivity contribution in [3.8, 4) is 0 Å². The lowest BCUT2D eigenvalue weighted by Gasteiger charge is -2.26. The van der Waals surface area contributed by atoms with E-state index in [0.717, 1.165) is 17.4 Å². The third kappa shape index (κ3) is 1.33. The normalized spacial score (nSPS) is 16.0. The number of pyridine rings is 1. The van der Waals surface area contributed by atoms with Gasteiger partial charge >= 0.3 is 0 Å². The van der Waals surface area contributed by atoms with Gasteiger partial charge in [0.25, 0.3) is 0 Å². The summed E-state index contributed by atoms with van der Waals surface area (Å²) in [6.45, 7) is 1.14. The minimum atomic E-state index is 1.06. The largest absolute Gasteiger partial charge is 0.373 e. The van der Waals surface area contributed by atoms with E-state index in [4.69, 9.17) is 0 Å². The Bertz CT molecular complexity index is 299. The summed E-state index contributed by atoms with van der Waals surface area (Å²) >= 11 is 3.43. The summed E-state index contributed by atoms with van der Waals surface area (Å²) in [7, 11) is 2.12. The Labute approximate surface area is 80.7 Å². The Balaban J connectivity index is 2.47. The number of fused-ring (bicyclic) bond motifs is 1. The van der Waals surface area contributed by atoms with Gasteiger partial charge in [0.15, 0.2) is 0 Å². The first-order chi connectivity index (χ1) is 5.77. The molecule has 1 aromatic rings. The third-order valence-corrected chi connectivity index (χ3v) is 2.67. The molecular formula is C9H11BrN2. The minimum Gasteiger partial charge on any atom is -0.373 e. The maximum atomic E-state index is 4.38. The molecule has 0 aliphatic carbocycles. The van der Waals surface area contributed by atoms with Crippen molar-refractivity contribution in [2.24, 2.45) is 0 Å². The van der Waals surface area contributed by atoms with Crippen LogP contribution in [0.25, 0.3) is 0 Å². The zero-order chi connectivity index (χ0) is 8.55. The lowest BCUT2D eigenvalue weighted by Crippen LogP contribution is -2.25. The first-order valence-corrected chi connectivity index (χ1v) is 4.92. The van der Waals surface area contributed by atoms with Crippen LogP contribution in [0.1, 0.15) is 12.1 Å². The Morgan fingerprint density at radius 1 is 1.58 bits per heavy atom. The molecule has 1 aliphatic rings. The van der Waals surface area contributed by atoms with Gasteiger partial charge in [-0.05, 0) is 34.8 Å². The highest BCUT2D eigenvalue weighted by Crippen LogP contribution is 2.26. The maximum Gasteiger partial charge on any atom is 0.0638 e. The van der Waals surface area contributed by atoms with Crippen LogP contribution < -0.4 is 4.90 Å². The molecule has 0 saturated heterocycles. The molecule has 0 unspecified atom stereocenters. The number of hydrogen-bond donors (Lipinski definition) is 0. The quantitative estimate of drug-likeness (QED) is 0.675. The first kappa shape index (κ1) is 8.05. The van der Waals surface area contributed by atoms with Crippen LogP contribution in [-0.4, -0.2) is 18.6 Å². The molecular weight excluding hydrogens is 216 g/mol. The van der Waals surface area contributed by atoms with E-state index in [2.05, 4.69) is 38.9 Å². The highest BCUT2D eigenvalue weighted by atomic mass is 79.9. The van der Waals surface area contributed by atoms with Crippen molar-refractivity contribution in [1.29, 1.82) is 0 Å². The number of nitrogens with zero attached hydrogens (tertiary/aromatic N) is 2. The summed E-state index contributed by atoms with van der Waals surface area (Å²) in [5, 5.41) is 0. The molecule has 2 heterocycles. The molecule has 0 atom stereocenters. The zero-order valence-corrected chi connectivity index (χ0v) is 8.63. The molecule has 1 aromatic heterocycles. The second-order valence-electron chi connectivity index (χ2n) is 3.14. The van der Waals surface area contributed by atoms with E-state index in [0.29, 0.717) is 0 Å². The molecule has 0 saturated carbocycles. The van der Waals surface area contributed by atoms with Gasteiger partial charge in [0, 0.05) is 24.3 Å². The fourth-order valence-electron chi connectivity index (χ4n) is 1.58. The van der Waals surface area contributed by atoms with Crippen molar-refractivity contribution in [2.45, 2.75) is 12.8 Å². The summed E-state index contributed by atoms with van der Waals surface area (Å²) < 4.78 is 1.06. The summed E-state index contributed by atoms with van der Waals surface area (Å²) in [4.78, 5) is 6.64. The van der Waals surface area contributed by atoms with Crippen LogP contribution in [0.5, 0.6) is 0 Å². The first-order valence-electron chi connectivity index (χ1n) is 4.13. The van der Waals surface area contributed by atoms with Crippen molar-refractivity contribution >= 4 is 21.6 Å².